The molecular formula is C5H10FNO. The normalized spacial score (nSPS) is 28.9. The van der Waals surface area contributed by atoms with E-state index in [1.54, 1.807) is 0 Å². The molecule has 0 amide bonds. The smallest absolute Gasteiger partial charge is 0.120 e. The van der Waals surface area contributed by atoms with Gasteiger partial charge < -0.3 is 10.5 Å². The summed E-state index contributed by atoms with van der Waals surface area (Å²) < 4.78 is 17.1. The monoisotopic (exact) mass is 119 g/mol. The van der Waals surface area contributed by atoms with Crippen LogP contribution in [0, 0.1) is 0 Å². The number of nitrogens with two attached hydrogens (primary N) is 1. The Morgan fingerprint density at radius 1 is 1.75 bits per heavy atom. The zero-order chi connectivity index (χ0) is 6.20. The molecule has 0 bridgehead atoms. The molecule has 1 aliphatic rings. The van der Waals surface area contributed by atoms with E-state index in [9.17, 15) is 4.39 Å². The van der Waals surface area contributed by atoms with E-state index in [1.165, 1.54) is 6.92 Å². The Morgan fingerprint density at radius 2 is 2.25 bits per heavy atom. The largest absolute Gasteiger partial charge is 0.377 e. The number of hydrogen-bond acceptors (Lipinski definition) is 2. The lowest BCUT2D eigenvalue weighted by atomic mass is 9.94. The summed E-state index contributed by atoms with van der Waals surface area (Å²) in [5.74, 6) is 0. The second-order valence-corrected chi connectivity index (χ2v) is 2.34. The number of hydrogen-bond donors (Lipinski definition) is 1. The second-order valence-electron chi connectivity index (χ2n) is 2.34. The Hall–Kier alpha value is -0.150. The Bertz CT molecular complexity index is 90.4. The third-order valence-corrected chi connectivity index (χ3v) is 1.53. The van der Waals surface area contributed by atoms with Crippen LogP contribution in [0.1, 0.15) is 6.92 Å². The summed E-state index contributed by atoms with van der Waals surface area (Å²) in [4.78, 5) is 0. The quantitative estimate of drug-likeness (QED) is 0.530. The van der Waals surface area contributed by atoms with Gasteiger partial charge in [-0.2, -0.15) is 0 Å². The van der Waals surface area contributed by atoms with Crippen LogP contribution < -0.4 is 5.73 Å². The summed E-state index contributed by atoms with van der Waals surface area (Å²) in [7, 11) is 0. The van der Waals surface area contributed by atoms with Crippen LogP contribution in [-0.4, -0.2) is 24.9 Å². The Labute approximate surface area is 47.8 Å². The lowest BCUT2D eigenvalue weighted by Gasteiger charge is -2.38. The van der Waals surface area contributed by atoms with E-state index >= 15 is 0 Å². The van der Waals surface area contributed by atoms with Gasteiger partial charge in [0, 0.05) is 0 Å². The molecule has 0 aromatic rings. The van der Waals surface area contributed by atoms with Crippen molar-refractivity contribution in [1.29, 1.82) is 0 Å². The molecule has 1 fully saturated rings. The molecule has 0 saturated carbocycles. The average molecular weight is 119 g/mol. The lowest BCUT2D eigenvalue weighted by Crippen LogP contribution is -2.62. The van der Waals surface area contributed by atoms with Crippen molar-refractivity contribution >= 4 is 0 Å². The average Bonchev–Trinajstić information content (AvgIpc) is 1.60. The van der Waals surface area contributed by atoms with Crippen molar-refractivity contribution in [1.82, 2.24) is 0 Å². The van der Waals surface area contributed by atoms with Gasteiger partial charge in [-0.3, -0.25) is 0 Å². The van der Waals surface area contributed by atoms with E-state index in [-0.39, 0.29) is 0 Å². The van der Waals surface area contributed by atoms with Crippen LogP contribution in [0.5, 0.6) is 0 Å². The van der Waals surface area contributed by atoms with Crippen molar-refractivity contribution in [3.63, 3.8) is 0 Å². The van der Waals surface area contributed by atoms with E-state index in [2.05, 4.69) is 0 Å². The molecule has 1 rings (SSSR count). The second kappa shape index (κ2) is 1.67. The van der Waals surface area contributed by atoms with Crippen LogP contribution in [0.15, 0.2) is 0 Å². The topological polar surface area (TPSA) is 35.2 Å². The van der Waals surface area contributed by atoms with Crippen molar-refractivity contribution in [3.05, 3.63) is 0 Å². The van der Waals surface area contributed by atoms with Gasteiger partial charge in [-0.15, -0.1) is 0 Å². The molecular weight excluding hydrogens is 109 g/mol. The third-order valence-electron chi connectivity index (χ3n) is 1.53. The molecule has 1 heterocycles. The Balaban J connectivity index is 2.41. The molecule has 0 radical (unpaired) electrons. The van der Waals surface area contributed by atoms with Crippen molar-refractivity contribution < 1.29 is 9.13 Å². The molecule has 1 atom stereocenters. The molecule has 0 aliphatic carbocycles. The minimum absolute atomic E-state index is 0.366. The van der Waals surface area contributed by atoms with Gasteiger partial charge in [-0.25, -0.2) is 4.39 Å². The summed E-state index contributed by atoms with van der Waals surface area (Å²) in [5.41, 5.74) is 4.78. The van der Waals surface area contributed by atoms with Gasteiger partial charge in [0.05, 0.1) is 18.8 Å². The van der Waals surface area contributed by atoms with Gasteiger partial charge in [0.1, 0.15) is 6.17 Å². The fourth-order valence-electron chi connectivity index (χ4n) is 0.567. The highest BCUT2D eigenvalue weighted by Gasteiger charge is 2.39. The predicted molar refractivity (Wildman–Crippen MR) is 28.3 cm³/mol. The molecule has 1 unspecified atom stereocenters. The fourth-order valence-corrected chi connectivity index (χ4v) is 0.567. The van der Waals surface area contributed by atoms with Crippen LogP contribution in [0.2, 0.25) is 0 Å². The summed E-state index contributed by atoms with van der Waals surface area (Å²) in [5, 5.41) is 0. The van der Waals surface area contributed by atoms with E-state index in [1.807, 2.05) is 0 Å². The highest BCUT2D eigenvalue weighted by molar-refractivity contribution is 4.95. The first-order valence-corrected chi connectivity index (χ1v) is 2.66. The Morgan fingerprint density at radius 3 is 2.25 bits per heavy atom. The van der Waals surface area contributed by atoms with Crippen LogP contribution >= 0.6 is 0 Å². The van der Waals surface area contributed by atoms with Crippen molar-refractivity contribution in [2.24, 2.45) is 5.73 Å². The first-order valence-electron chi connectivity index (χ1n) is 2.66. The summed E-state index contributed by atoms with van der Waals surface area (Å²) in [6.07, 6.45) is -0.948. The van der Waals surface area contributed by atoms with Gasteiger partial charge in [0.25, 0.3) is 0 Å². The minimum Gasteiger partial charge on any atom is -0.377 e. The van der Waals surface area contributed by atoms with Crippen molar-refractivity contribution in [3.8, 4) is 0 Å². The molecule has 8 heavy (non-hydrogen) atoms. The van der Waals surface area contributed by atoms with Crippen LogP contribution in [0.4, 0.5) is 4.39 Å². The van der Waals surface area contributed by atoms with E-state index in [0.29, 0.717) is 13.2 Å². The van der Waals surface area contributed by atoms with Gasteiger partial charge in [0.15, 0.2) is 0 Å². The van der Waals surface area contributed by atoms with E-state index in [0.717, 1.165) is 0 Å². The fraction of sp³-hybridized carbons (Fsp3) is 1.00. The highest BCUT2D eigenvalue weighted by atomic mass is 19.1. The van der Waals surface area contributed by atoms with Crippen molar-refractivity contribution in [2.75, 3.05) is 13.2 Å². The number of ether oxygens (including phenoxy) is 1. The number of rotatable bonds is 1. The van der Waals surface area contributed by atoms with Gasteiger partial charge in [0.2, 0.25) is 0 Å². The first-order chi connectivity index (χ1) is 3.65. The van der Waals surface area contributed by atoms with Crippen LogP contribution in [-0.2, 0) is 4.74 Å². The van der Waals surface area contributed by atoms with E-state index in [4.69, 9.17) is 10.5 Å². The molecule has 0 spiro atoms. The van der Waals surface area contributed by atoms with Gasteiger partial charge in [-0.05, 0) is 6.92 Å². The highest BCUT2D eigenvalue weighted by Crippen LogP contribution is 2.19. The van der Waals surface area contributed by atoms with Gasteiger partial charge in [-0.1, -0.05) is 0 Å². The summed E-state index contributed by atoms with van der Waals surface area (Å²) in [6, 6.07) is 0. The maximum Gasteiger partial charge on any atom is 0.120 e. The Kier molecular flexibility index (Phi) is 1.25. The molecule has 2 nitrogen and oxygen atoms in total. The van der Waals surface area contributed by atoms with Crippen LogP contribution in [0.3, 0.4) is 0 Å². The summed E-state index contributed by atoms with van der Waals surface area (Å²) in [6.45, 7) is 2.19. The SMILES string of the molecule is CC(F)C1(N)COC1. The number of alkyl halides is 1. The number of halogens is 1. The molecule has 1 aliphatic heterocycles. The molecule has 0 aromatic carbocycles. The van der Waals surface area contributed by atoms with Gasteiger partial charge >= 0.3 is 0 Å². The molecule has 3 heteroatoms. The van der Waals surface area contributed by atoms with Crippen molar-refractivity contribution in [2.45, 2.75) is 18.6 Å². The lowest BCUT2D eigenvalue weighted by molar-refractivity contribution is -0.0857. The standard InChI is InChI=1S/C5H10FNO/c1-4(6)5(7)2-8-3-5/h4H,2-3,7H2,1H3. The molecule has 1 saturated heterocycles. The third kappa shape index (κ3) is 0.717. The maximum atomic E-state index is 12.3. The predicted octanol–water partition coefficient (Wildman–Crippen LogP) is 0.0721. The summed E-state index contributed by atoms with van der Waals surface area (Å²) >= 11 is 0. The molecule has 0 aromatic heterocycles. The zero-order valence-electron chi connectivity index (χ0n) is 4.86. The van der Waals surface area contributed by atoms with Crippen LogP contribution in [0.25, 0.3) is 0 Å². The van der Waals surface area contributed by atoms with E-state index < -0.39 is 11.7 Å². The molecule has 2 N–H and O–H groups in total. The zero-order valence-corrected chi connectivity index (χ0v) is 4.86. The maximum absolute atomic E-state index is 12.3. The first kappa shape index (κ1) is 5.98. The molecule has 48 valence electrons. The minimum atomic E-state index is -0.948.